The molecule has 0 fully saturated rings. The van der Waals surface area contributed by atoms with Crippen molar-refractivity contribution < 1.29 is 25.2 Å². The molecule has 2 aromatic carbocycles. The van der Waals surface area contributed by atoms with Gasteiger partial charge in [-0.3, -0.25) is 0 Å². The van der Waals surface area contributed by atoms with Crippen LogP contribution < -0.4 is 0 Å². The van der Waals surface area contributed by atoms with Crippen LogP contribution in [0.1, 0.15) is 0 Å². The SMILES string of the molecule is O=S(=O)(OCOS(=O)(=O)c1c(Cl)cc(Cl)cc1Cl)c1c(Cl)cc(Cl)cc1Cl. The molecule has 148 valence electrons. The van der Waals surface area contributed by atoms with Gasteiger partial charge in [-0.05, 0) is 24.3 Å². The molecule has 0 aromatic heterocycles. The van der Waals surface area contributed by atoms with Crippen LogP contribution in [0.4, 0.5) is 0 Å². The average molecular weight is 535 g/mol. The zero-order chi connectivity index (χ0) is 20.6. The van der Waals surface area contributed by atoms with Crippen molar-refractivity contribution in [2.75, 3.05) is 6.79 Å². The molecule has 0 amide bonds. The standard InChI is InChI=1S/C13H6Cl6O6S2/c14-6-1-8(16)12(9(17)2-6)26(20,21)24-5-25-27(22,23)13-10(18)3-7(15)4-11(13)19/h1-4H,5H2. The summed E-state index contributed by atoms with van der Waals surface area (Å²) >= 11 is 34.6. The summed E-state index contributed by atoms with van der Waals surface area (Å²) in [5.74, 6) is 0. The molecule has 0 saturated heterocycles. The van der Waals surface area contributed by atoms with E-state index in [0.717, 1.165) is 24.3 Å². The second kappa shape index (κ2) is 8.79. The van der Waals surface area contributed by atoms with E-state index in [2.05, 4.69) is 8.37 Å². The van der Waals surface area contributed by atoms with Crippen LogP contribution >= 0.6 is 69.6 Å². The maximum Gasteiger partial charge on any atom is 0.302 e. The van der Waals surface area contributed by atoms with Gasteiger partial charge in [-0.15, -0.1) is 0 Å². The number of benzene rings is 2. The van der Waals surface area contributed by atoms with Crippen LogP contribution in [0.5, 0.6) is 0 Å². The Kier molecular flexibility index (Phi) is 7.58. The Labute approximate surface area is 185 Å². The molecule has 0 atom stereocenters. The molecule has 2 rings (SSSR count). The molecule has 0 N–H and O–H groups in total. The molecule has 0 aliphatic carbocycles. The van der Waals surface area contributed by atoms with Gasteiger partial charge in [0.2, 0.25) is 0 Å². The van der Waals surface area contributed by atoms with Crippen molar-refractivity contribution in [1.82, 2.24) is 0 Å². The van der Waals surface area contributed by atoms with E-state index in [-0.39, 0.29) is 30.1 Å². The van der Waals surface area contributed by atoms with E-state index in [0.29, 0.717) is 0 Å². The van der Waals surface area contributed by atoms with Crippen molar-refractivity contribution in [3.8, 4) is 0 Å². The van der Waals surface area contributed by atoms with Crippen LogP contribution in [0, 0.1) is 0 Å². The van der Waals surface area contributed by atoms with Crippen molar-refractivity contribution in [2.24, 2.45) is 0 Å². The summed E-state index contributed by atoms with van der Waals surface area (Å²) in [5, 5.41) is -1.10. The predicted molar refractivity (Wildman–Crippen MR) is 104 cm³/mol. The van der Waals surface area contributed by atoms with E-state index in [9.17, 15) is 16.8 Å². The predicted octanol–water partition coefficient (Wildman–Crippen LogP) is 5.68. The van der Waals surface area contributed by atoms with Crippen LogP contribution in [-0.4, -0.2) is 23.6 Å². The second-order valence-electron chi connectivity index (χ2n) is 4.66. The van der Waals surface area contributed by atoms with Crippen LogP contribution in [0.2, 0.25) is 30.1 Å². The maximum atomic E-state index is 12.2. The molecule has 2 aromatic rings. The Balaban J connectivity index is 2.23. The highest BCUT2D eigenvalue weighted by molar-refractivity contribution is 7.87. The molecule has 14 heteroatoms. The van der Waals surface area contributed by atoms with Crippen LogP contribution in [0.15, 0.2) is 34.1 Å². The van der Waals surface area contributed by atoms with Gasteiger partial charge in [-0.2, -0.15) is 16.8 Å². The van der Waals surface area contributed by atoms with Gasteiger partial charge in [0.1, 0.15) is 9.79 Å². The van der Waals surface area contributed by atoms with Gasteiger partial charge in [0.05, 0.1) is 20.1 Å². The highest BCUT2D eigenvalue weighted by Crippen LogP contribution is 2.35. The Morgan fingerprint density at radius 2 is 0.852 bits per heavy atom. The Hall–Kier alpha value is -0.000000000000000278. The molecule has 0 heterocycles. The van der Waals surface area contributed by atoms with Crippen LogP contribution in [0.25, 0.3) is 0 Å². The lowest BCUT2D eigenvalue weighted by Gasteiger charge is -2.11. The molecular weight excluding hydrogens is 529 g/mol. The molecule has 0 aliphatic rings. The molecule has 6 nitrogen and oxygen atoms in total. The maximum absolute atomic E-state index is 12.2. The zero-order valence-corrected chi connectivity index (χ0v) is 18.7. The first-order chi connectivity index (χ1) is 12.3. The number of rotatable bonds is 6. The monoisotopic (exact) mass is 532 g/mol. The van der Waals surface area contributed by atoms with Gasteiger partial charge >= 0.3 is 20.2 Å². The van der Waals surface area contributed by atoms with E-state index in [1.807, 2.05) is 0 Å². The van der Waals surface area contributed by atoms with E-state index >= 15 is 0 Å². The van der Waals surface area contributed by atoms with Gasteiger partial charge in [-0.25, -0.2) is 8.37 Å². The normalized spacial score (nSPS) is 12.4. The van der Waals surface area contributed by atoms with Gasteiger partial charge in [-0.1, -0.05) is 69.6 Å². The van der Waals surface area contributed by atoms with Gasteiger partial charge in [0, 0.05) is 10.0 Å². The van der Waals surface area contributed by atoms with Crippen molar-refractivity contribution in [3.63, 3.8) is 0 Å². The summed E-state index contributed by atoms with van der Waals surface area (Å²) in [6.45, 7) is -1.23. The third-order valence-corrected chi connectivity index (χ3v) is 7.60. The first-order valence-electron chi connectivity index (χ1n) is 6.43. The lowest BCUT2D eigenvalue weighted by molar-refractivity contribution is 0.132. The average Bonchev–Trinajstić information content (AvgIpc) is 2.43. The topological polar surface area (TPSA) is 86.7 Å². The van der Waals surface area contributed by atoms with E-state index < -0.39 is 36.8 Å². The third-order valence-electron chi connectivity index (χ3n) is 2.83. The summed E-state index contributed by atoms with van der Waals surface area (Å²) in [6, 6.07) is 4.48. The second-order valence-corrected chi connectivity index (χ2v) is 10.3. The highest BCUT2D eigenvalue weighted by atomic mass is 35.5. The van der Waals surface area contributed by atoms with Gasteiger partial charge in [0.15, 0.2) is 6.79 Å². The first kappa shape index (κ1) is 23.3. The zero-order valence-electron chi connectivity index (χ0n) is 12.6. The molecule has 0 radical (unpaired) electrons. The number of hydrogen-bond donors (Lipinski definition) is 0. The van der Waals surface area contributed by atoms with Crippen LogP contribution in [-0.2, 0) is 28.6 Å². The smallest absolute Gasteiger partial charge is 0.236 e. The summed E-state index contributed by atoms with van der Waals surface area (Å²) in [5.41, 5.74) is 0. The fraction of sp³-hybridized carbons (Fsp3) is 0.0769. The molecule has 0 aliphatic heterocycles. The van der Waals surface area contributed by atoms with Gasteiger partial charge < -0.3 is 0 Å². The summed E-state index contributed by atoms with van der Waals surface area (Å²) in [6.07, 6.45) is 0. The fourth-order valence-corrected chi connectivity index (χ4v) is 6.40. The quantitative estimate of drug-likeness (QED) is 0.350. The third kappa shape index (κ3) is 5.54. The van der Waals surface area contributed by atoms with Crippen molar-refractivity contribution in [3.05, 3.63) is 54.4 Å². The largest absolute Gasteiger partial charge is 0.302 e. The first-order valence-corrected chi connectivity index (χ1v) is 11.5. The minimum Gasteiger partial charge on any atom is -0.236 e. The van der Waals surface area contributed by atoms with Crippen molar-refractivity contribution >= 4 is 89.8 Å². The molecule has 0 bridgehead atoms. The van der Waals surface area contributed by atoms with E-state index in [4.69, 9.17) is 69.6 Å². The van der Waals surface area contributed by atoms with Crippen molar-refractivity contribution in [1.29, 1.82) is 0 Å². The molecule has 0 saturated carbocycles. The molecular formula is C13H6Cl6O6S2. The van der Waals surface area contributed by atoms with Gasteiger partial charge in [0.25, 0.3) is 0 Å². The van der Waals surface area contributed by atoms with E-state index in [1.165, 1.54) is 0 Å². The molecule has 27 heavy (non-hydrogen) atoms. The fourth-order valence-electron chi connectivity index (χ4n) is 1.80. The molecule has 0 unspecified atom stereocenters. The minimum absolute atomic E-state index is 0.0924. The summed E-state index contributed by atoms with van der Waals surface area (Å²) in [7, 11) is -9.14. The molecule has 0 spiro atoms. The summed E-state index contributed by atoms with van der Waals surface area (Å²) < 4.78 is 57.9. The number of halogens is 6. The Bertz CT molecular complexity index is 967. The van der Waals surface area contributed by atoms with Crippen LogP contribution in [0.3, 0.4) is 0 Å². The Morgan fingerprint density at radius 1 is 0.593 bits per heavy atom. The lowest BCUT2D eigenvalue weighted by atomic mass is 10.4. The minimum atomic E-state index is -4.57. The van der Waals surface area contributed by atoms with E-state index in [1.54, 1.807) is 0 Å². The highest BCUT2D eigenvalue weighted by Gasteiger charge is 2.27. The summed E-state index contributed by atoms with van der Waals surface area (Å²) in [4.78, 5) is -1.20. The Morgan fingerprint density at radius 3 is 1.11 bits per heavy atom. The lowest BCUT2D eigenvalue weighted by Crippen LogP contribution is -2.15. The number of hydrogen-bond acceptors (Lipinski definition) is 6. The van der Waals surface area contributed by atoms with Crippen molar-refractivity contribution in [2.45, 2.75) is 9.79 Å².